The monoisotopic (exact) mass is 300 g/mol. The van der Waals surface area contributed by atoms with Crippen molar-refractivity contribution < 1.29 is 22.7 Å². The molecule has 0 unspecified atom stereocenters. The van der Waals surface area contributed by atoms with Crippen LogP contribution in [0, 0.1) is 0 Å². The lowest BCUT2D eigenvalue weighted by atomic mass is 10.2. The molecule has 2 rings (SSSR count). The Hall–Kier alpha value is -2.01. The molecule has 0 aliphatic rings. The van der Waals surface area contributed by atoms with E-state index in [1.807, 2.05) is 0 Å². The van der Waals surface area contributed by atoms with Gasteiger partial charge in [-0.3, -0.25) is 0 Å². The van der Waals surface area contributed by atoms with Gasteiger partial charge in [0.05, 0.1) is 11.1 Å². The van der Waals surface area contributed by atoms with E-state index in [4.69, 9.17) is 16.3 Å². The molecule has 0 radical (unpaired) electrons. The van der Waals surface area contributed by atoms with Gasteiger partial charge in [0, 0.05) is 5.02 Å². The second-order valence-corrected chi connectivity index (χ2v) is 4.36. The van der Waals surface area contributed by atoms with E-state index in [2.05, 4.69) is 0 Å². The lowest BCUT2D eigenvalue weighted by Gasteiger charge is -2.09. The zero-order valence-corrected chi connectivity index (χ0v) is 10.7. The lowest BCUT2D eigenvalue weighted by Crippen LogP contribution is -2.10. The van der Waals surface area contributed by atoms with Crippen molar-refractivity contribution in [1.29, 1.82) is 0 Å². The number of carbonyl (C=O) groups excluding carboxylic acids is 1. The van der Waals surface area contributed by atoms with Gasteiger partial charge in [-0.2, -0.15) is 13.2 Å². The van der Waals surface area contributed by atoms with Crippen LogP contribution in [0.25, 0.3) is 0 Å². The highest BCUT2D eigenvalue weighted by Crippen LogP contribution is 2.31. The highest BCUT2D eigenvalue weighted by Gasteiger charge is 2.30. The normalized spacial score (nSPS) is 11.2. The van der Waals surface area contributed by atoms with Crippen molar-refractivity contribution in [3.05, 3.63) is 64.7 Å². The number of hydrogen-bond acceptors (Lipinski definition) is 2. The van der Waals surface area contributed by atoms with E-state index in [0.717, 1.165) is 12.1 Å². The summed E-state index contributed by atoms with van der Waals surface area (Å²) in [5.74, 6) is -0.916. The molecule has 2 aromatic rings. The zero-order valence-electron chi connectivity index (χ0n) is 9.95. The Bertz CT molecular complexity index is 621. The van der Waals surface area contributed by atoms with Gasteiger partial charge in [-0.1, -0.05) is 17.7 Å². The van der Waals surface area contributed by atoms with Crippen LogP contribution in [-0.4, -0.2) is 5.97 Å². The average Bonchev–Trinajstić information content (AvgIpc) is 2.38. The first kappa shape index (κ1) is 14.4. The second-order valence-electron chi connectivity index (χ2n) is 3.92. The van der Waals surface area contributed by atoms with E-state index < -0.39 is 17.7 Å². The van der Waals surface area contributed by atoms with Gasteiger partial charge in [0.1, 0.15) is 5.75 Å². The topological polar surface area (TPSA) is 26.3 Å². The summed E-state index contributed by atoms with van der Waals surface area (Å²) in [4.78, 5) is 11.7. The molecule has 0 heterocycles. The summed E-state index contributed by atoms with van der Waals surface area (Å²) in [5, 5.41) is 0.445. The highest BCUT2D eigenvalue weighted by atomic mass is 35.5. The van der Waals surface area contributed by atoms with Gasteiger partial charge in [0.15, 0.2) is 0 Å². The number of esters is 1. The maximum Gasteiger partial charge on any atom is 0.416 e. The number of alkyl halides is 3. The Morgan fingerprint density at radius 1 is 1.05 bits per heavy atom. The van der Waals surface area contributed by atoms with Crippen LogP contribution in [0.1, 0.15) is 15.9 Å². The van der Waals surface area contributed by atoms with Crippen molar-refractivity contribution in [2.75, 3.05) is 0 Å². The van der Waals surface area contributed by atoms with E-state index in [-0.39, 0.29) is 11.3 Å². The van der Waals surface area contributed by atoms with Crippen LogP contribution in [0.3, 0.4) is 0 Å². The number of carbonyl (C=O) groups is 1. The molecule has 0 aliphatic heterocycles. The summed E-state index contributed by atoms with van der Waals surface area (Å²) in [6, 6.07) is 9.97. The standard InChI is InChI=1S/C14H8ClF3O2/c15-11-6-4-9(5-7-11)13(19)20-12-3-1-2-10(8-12)14(16,17)18/h1-8H. The third-order valence-corrected chi connectivity index (χ3v) is 2.70. The molecule has 2 nitrogen and oxygen atoms in total. The van der Waals surface area contributed by atoms with E-state index in [0.29, 0.717) is 5.02 Å². The van der Waals surface area contributed by atoms with Crippen molar-refractivity contribution >= 4 is 17.6 Å². The fourth-order valence-electron chi connectivity index (χ4n) is 1.49. The van der Waals surface area contributed by atoms with Gasteiger partial charge in [-0.25, -0.2) is 4.79 Å². The Balaban J connectivity index is 2.18. The van der Waals surface area contributed by atoms with Gasteiger partial charge >= 0.3 is 12.1 Å². The van der Waals surface area contributed by atoms with Crippen LogP contribution < -0.4 is 4.74 Å². The summed E-state index contributed by atoms with van der Waals surface area (Å²) >= 11 is 5.67. The van der Waals surface area contributed by atoms with Crippen LogP contribution >= 0.6 is 11.6 Å². The second kappa shape index (κ2) is 5.54. The highest BCUT2D eigenvalue weighted by molar-refractivity contribution is 6.30. The van der Waals surface area contributed by atoms with Crippen molar-refractivity contribution in [3.63, 3.8) is 0 Å². The minimum atomic E-state index is -4.48. The summed E-state index contributed by atoms with van der Waals surface area (Å²) in [6.45, 7) is 0. The Morgan fingerprint density at radius 2 is 1.70 bits per heavy atom. The van der Waals surface area contributed by atoms with Crippen LogP contribution in [0.2, 0.25) is 5.02 Å². The van der Waals surface area contributed by atoms with Crippen molar-refractivity contribution in [2.24, 2.45) is 0 Å². The smallest absolute Gasteiger partial charge is 0.416 e. The molecule has 0 aliphatic carbocycles. The maximum atomic E-state index is 12.5. The van der Waals surface area contributed by atoms with Gasteiger partial charge in [-0.05, 0) is 42.5 Å². The molecule has 104 valence electrons. The Morgan fingerprint density at radius 3 is 2.30 bits per heavy atom. The number of halogens is 4. The fourth-order valence-corrected chi connectivity index (χ4v) is 1.61. The molecule has 0 aromatic heterocycles. The number of ether oxygens (including phenoxy) is 1. The van der Waals surface area contributed by atoms with E-state index in [1.165, 1.54) is 36.4 Å². The minimum absolute atomic E-state index is 0.167. The van der Waals surface area contributed by atoms with Gasteiger partial charge in [0.2, 0.25) is 0 Å². The number of hydrogen-bond donors (Lipinski definition) is 0. The summed E-state index contributed by atoms with van der Waals surface area (Å²) in [7, 11) is 0. The van der Waals surface area contributed by atoms with Gasteiger partial charge in [0.25, 0.3) is 0 Å². The third-order valence-electron chi connectivity index (χ3n) is 2.45. The first-order valence-electron chi connectivity index (χ1n) is 5.51. The predicted octanol–water partition coefficient (Wildman–Crippen LogP) is 4.58. The molecule has 0 atom stereocenters. The van der Waals surface area contributed by atoms with Crippen molar-refractivity contribution in [1.82, 2.24) is 0 Å². The first-order valence-corrected chi connectivity index (χ1v) is 5.89. The van der Waals surface area contributed by atoms with Crippen LogP contribution in [-0.2, 0) is 6.18 Å². The van der Waals surface area contributed by atoms with Gasteiger partial charge < -0.3 is 4.74 Å². The molecule has 0 saturated carbocycles. The van der Waals surface area contributed by atoms with E-state index in [9.17, 15) is 18.0 Å². The summed E-state index contributed by atoms with van der Waals surface area (Å²) in [5.41, 5.74) is -0.675. The third kappa shape index (κ3) is 3.51. The molecule has 0 bridgehead atoms. The lowest BCUT2D eigenvalue weighted by molar-refractivity contribution is -0.137. The van der Waals surface area contributed by atoms with Gasteiger partial charge in [-0.15, -0.1) is 0 Å². The molecule has 0 amide bonds. The first-order chi connectivity index (χ1) is 9.36. The van der Waals surface area contributed by atoms with Crippen LogP contribution in [0.4, 0.5) is 13.2 Å². The molecule has 0 fully saturated rings. The molecule has 2 aromatic carbocycles. The average molecular weight is 301 g/mol. The Kier molecular flexibility index (Phi) is 3.99. The Labute approximate surface area is 117 Å². The number of benzene rings is 2. The van der Waals surface area contributed by atoms with Crippen LogP contribution in [0.15, 0.2) is 48.5 Å². The molecule has 0 spiro atoms. The SMILES string of the molecule is O=C(Oc1cccc(C(F)(F)F)c1)c1ccc(Cl)cc1. The van der Waals surface area contributed by atoms with Crippen molar-refractivity contribution in [2.45, 2.75) is 6.18 Å². The maximum absolute atomic E-state index is 12.5. The molecule has 6 heteroatoms. The minimum Gasteiger partial charge on any atom is -0.423 e. The zero-order chi connectivity index (χ0) is 14.8. The largest absolute Gasteiger partial charge is 0.423 e. The van der Waals surface area contributed by atoms with Crippen LogP contribution in [0.5, 0.6) is 5.75 Å². The quantitative estimate of drug-likeness (QED) is 0.599. The fraction of sp³-hybridized carbons (Fsp3) is 0.0714. The molecular formula is C14H8ClF3O2. The molecule has 20 heavy (non-hydrogen) atoms. The number of rotatable bonds is 2. The molecular weight excluding hydrogens is 293 g/mol. The molecule has 0 N–H and O–H groups in total. The van der Waals surface area contributed by atoms with Crippen molar-refractivity contribution in [3.8, 4) is 5.75 Å². The van der Waals surface area contributed by atoms with E-state index in [1.54, 1.807) is 0 Å². The summed E-state index contributed by atoms with van der Waals surface area (Å²) < 4.78 is 42.4. The molecule has 0 saturated heterocycles. The predicted molar refractivity (Wildman–Crippen MR) is 67.9 cm³/mol. The van der Waals surface area contributed by atoms with E-state index >= 15 is 0 Å². The summed E-state index contributed by atoms with van der Waals surface area (Å²) in [6.07, 6.45) is -4.48.